The van der Waals surface area contributed by atoms with Crippen LogP contribution in [0, 0.1) is 6.92 Å². The summed E-state index contributed by atoms with van der Waals surface area (Å²) in [6, 6.07) is 0. The third-order valence-corrected chi connectivity index (χ3v) is 2.01. The summed E-state index contributed by atoms with van der Waals surface area (Å²) in [5, 5.41) is 0. The van der Waals surface area contributed by atoms with E-state index in [1.165, 1.54) is 7.11 Å². The van der Waals surface area contributed by atoms with Crippen LogP contribution in [0.1, 0.15) is 26.4 Å². The predicted molar refractivity (Wildman–Crippen MR) is 46.9 cm³/mol. The van der Waals surface area contributed by atoms with Crippen molar-refractivity contribution in [3.8, 4) is 0 Å². The largest absolute Gasteiger partial charge is 0.465 e. The van der Waals surface area contributed by atoms with Crippen LogP contribution < -0.4 is 0 Å². The van der Waals surface area contributed by atoms with Crippen molar-refractivity contribution < 1.29 is 14.3 Å². The highest BCUT2D eigenvalue weighted by molar-refractivity contribution is 5.93. The number of carbonyl (C=O) groups excluding carboxylic acids is 2. The molecule has 4 nitrogen and oxygen atoms in total. The molecule has 0 atom stereocenters. The number of aldehydes is 1. The molecule has 0 amide bonds. The Labute approximate surface area is 76.1 Å². The van der Waals surface area contributed by atoms with Crippen molar-refractivity contribution >= 4 is 12.3 Å². The maximum Gasteiger partial charge on any atom is 0.339 e. The van der Waals surface area contributed by atoms with Gasteiger partial charge >= 0.3 is 5.97 Å². The van der Waals surface area contributed by atoms with Crippen LogP contribution in [0.5, 0.6) is 0 Å². The number of hydrogen-bond donors (Lipinski definition) is 0. The van der Waals surface area contributed by atoms with E-state index in [9.17, 15) is 9.59 Å². The lowest BCUT2D eigenvalue weighted by atomic mass is 10.2. The third-order valence-electron chi connectivity index (χ3n) is 2.01. The normalized spacial score (nSPS) is 9.77. The molecule has 1 rings (SSSR count). The lowest BCUT2D eigenvalue weighted by Crippen LogP contribution is -2.01. The Balaban J connectivity index is 3.25. The first kappa shape index (κ1) is 9.51. The van der Waals surface area contributed by atoms with Gasteiger partial charge in [0.15, 0.2) is 6.29 Å². The molecule has 0 saturated carbocycles. The van der Waals surface area contributed by atoms with Crippen LogP contribution in [0.3, 0.4) is 0 Å². The van der Waals surface area contributed by atoms with E-state index >= 15 is 0 Å². The summed E-state index contributed by atoms with van der Waals surface area (Å²) in [7, 11) is 3.03. The molecule has 0 radical (unpaired) electrons. The van der Waals surface area contributed by atoms with E-state index in [1.54, 1.807) is 24.7 Å². The first-order chi connectivity index (χ1) is 6.11. The highest BCUT2D eigenvalue weighted by atomic mass is 16.5. The number of hydrogen-bond acceptors (Lipinski definition) is 3. The van der Waals surface area contributed by atoms with Crippen LogP contribution in [-0.2, 0) is 11.8 Å². The Morgan fingerprint density at radius 2 is 2.23 bits per heavy atom. The number of carbonyl (C=O) groups is 2. The Hall–Kier alpha value is -1.58. The standard InChI is InChI=1S/C9H11NO3/c1-6-7(9(12)13-3)4-10(2)8(6)5-11/h4-5H,1-3H3. The van der Waals surface area contributed by atoms with Crippen LogP contribution in [0.2, 0.25) is 0 Å². The minimum absolute atomic E-state index is 0.416. The van der Waals surface area contributed by atoms with Gasteiger partial charge in [0.1, 0.15) is 0 Å². The molecule has 4 heteroatoms. The van der Waals surface area contributed by atoms with Gasteiger partial charge in [-0.1, -0.05) is 0 Å². The molecule has 1 aromatic heterocycles. The van der Waals surface area contributed by atoms with Crippen molar-refractivity contribution in [3.05, 3.63) is 23.0 Å². The highest BCUT2D eigenvalue weighted by Gasteiger charge is 2.15. The number of aromatic nitrogens is 1. The van der Waals surface area contributed by atoms with Crippen LogP contribution in [0.4, 0.5) is 0 Å². The molecular formula is C9H11NO3. The topological polar surface area (TPSA) is 48.3 Å². The lowest BCUT2D eigenvalue weighted by Gasteiger charge is -1.95. The summed E-state index contributed by atoms with van der Waals surface area (Å²) in [4.78, 5) is 21.8. The average Bonchev–Trinajstić information content (AvgIpc) is 2.40. The van der Waals surface area contributed by atoms with Crippen LogP contribution in [0.25, 0.3) is 0 Å². The minimum atomic E-state index is -0.416. The fourth-order valence-electron chi connectivity index (χ4n) is 1.25. The summed E-state index contributed by atoms with van der Waals surface area (Å²) >= 11 is 0. The fourth-order valence-corrected chi connectivity index (χ4v) is 1.25. The molecule has 1 heterocycles. The zero-order valence-corrected chi connectivity index (χ0v) is 7.83. The zero-order chi connectivity index (χ0) is 10.0. The van der Waals surface area contributed by atoms with Crippen molar-refractivity contribution in [2.45, 2.75) is 6.92 Å². The number of methoxy groups -OCH3 is 1. The van der Waals surface area contributed by atoms with Gasteiger partial charge in [-0.15, -0.1) is 0 Å². The number of esters is 1. The number of nitrogens with zero attached hydrogens (tertiary/aromatic N) is 1. The Bertz CT molecular complexity index is 352. The fraction of sp³-hybridized carbons (Fsp3) is 0.333. The number of rotatable bonds is 2. The predicted octanol–water partition coefficient (Wildman–Crippen LogP) is 0.933. The monoisotopic (exact) mass is 181 g/mol. The zero-order valence-electron chi connectivity index (χ0n) is 7.83. The van der Waals surface area contributed by atoms with Crippen molar-refractivity contribution in [2.75, 3.05) is 7.11 Å². The Morgan fingerprint density at radius 3 is 2.62 bits per heavy atom. The molecule has 0 spiro atoms. The van der Waals surface area contributed by atoms with E-state index in [2.05, 4.69) is 4.74 Å². The van der Waals surface area contributed by atoms with Crippen LogP contribution in [-0.4, -0.2) is 23.9 Å². The summed E-state index contributed by atoms with van der Waals surface area (Å²) in [5.74, 6) is -0.416. The molecule has 70 valence electrons. The summed E-state index contributed by atoms with van der Waals surface area (Å²) in [5.41, 5.74) is 1.59. The smallest absolute Gasteiger partial charge is 0.339 e. The van der Waals surface area contributed by atoms with Crippen molar-refractivity contribution in [1.82, 2.24) is 4.57 Å². The maximum atomic E-state index is 11.2. The SMILES string of the molecule is COC(=O)c1cn(C)c(C=O)c1C. The molecular weight excluding hydrogens is 170 g/mol. The van der Waals surface area contributed by atoms with Gasteiger partial charge in [-0.05, 0) is 12.5 Å². The van der Waals surface area contributed by atoms with E-state index in [4.69, 9.17) is 0 Å². The van der Waals surface area contributed by atoms with Crippen molar-refractivity contribution in [3.63, 3.8) is 0 Å². The molecule has 0 fully saturated rings. The number of ether oxygens (including phenoxy) is 1. The van der Waals surface area contributed by atoms with Gasteiger partial charge in [-0.3, -0.25) is 4.79 Å². The minimum Gasteiger partial charge on any atom is -0.465 e. The van der Waals surface area contributed by atoms with Gasteiger partial charge in [0.25, 0.3) is 0 Å². The lowest BCUT2D eigenvalue weighted by molar-refractivity contribution is 0.0600. The summed E-state index contributed by atoms with van der Waals surface area (Å²) < 4.78 is 6.17. The maximum absolute atomic E-state index is 11.2. The van der Waals surface area contributed by atoms with Gasteiger partial charge in [-0.2, -0.15) is 0 Å². The Kier molecular flexibility index (Phi) is 2.51. The summed E-state index contributed by atoms with van der Waals surface area (Å²) in [6.07, 6.45) is 2.31. The molecule has 0 unspecified atom stereocenters. The second kappa shape index (κ2) is 3.43. The number of aryl methyl sites for hydroxylation is 1. The molecule has 0 aromatic carbocycles. The van der Waals surface area contributed by atoms with Crippen LogP contribution in [0.15, 0.2) is 6.20 Å². The molecule has 0 aliphatic carbocycles. The van der Waals surface area contributed by atoms with Gasteiger partial charge < -0.3 is 9.30 Å². The van der Waals surface area contributed by atoms with E-state index in [0.29, 0.717) is 16.8 Å². The molecule has 0 N–H and O–H groups in total. The van der Waals surface area contributed by atoms with E-state index in [1.807, 2.05) is 0 Å². The Morgan fingerprint density at radius 1 is 1.62 bits per heavy atom. The van der Waals surface area contributed by atoms with Crippen molar-refractivity contribution in [1.29, 1.82) is 0 Å². The van der Waals surface area contributed by atoms with Gasteiger partial charge in [-0.25, -0.2) is 4.79 Å². The van der Waals surface area contributed by atoms with Crippen molar-refractivity contribution in [2.24, 2.45) is 7.05 Å². The summed E-state index contributed by atoms with van der Waals surface area (Å²) in [6.45, 7) is 1.72. The third kappa shape index (κ3) is 1.47. The first-order valence-corrected chi connectivity index (χ1v) is 3.81. The quantitative estimate of drug-likeness (QED) is 0.503. The second-order valence-corrected chi connectivity index (χ2v) is 2.77. The van der Waals surface area contributed by atoms with Crippen LogP contribution >= 0.6 is 0 Å². The van der Waals surface area contributed by atoms with Gasteiger partial charge in [0.2, 0.25) is 0 Å². The van der Waals surface area contributed by atoms with Gasteiger partial charge in [0, 0.05) is 13.2 Å². The molecule has 0 bridgehead atoms. The van der Waals surface area contributed by atoms with E-state index < -0.39 is 5.97 Å². The molecule has 13 heavy (non-hydrogen) atoms. The molecule has 0 saturated heterocycles. The molecule has 1 aromatic rings. The highest BCUT2D eigenvalue weighted by Crippen LogP contribution is 2.14. The molecule has 0 aliphatic heterocycles. The van der Waals surface area contributed by atoms with E-state index in [-0.39, 0.29) is 0 Å². The van der Waals surface area contributed by atoms with Gasteiger partial charge in [0.05, 0.1) is 18.4 Å². The molecule has 0 aliphatic rings. The first-order valence-electron chi connectivity index (χ1n) is 3.81. The second-order valence-electron chi connectivity index (χ2n) is 2.77. The van der Waals surface area contributed by atoms with E-state index in [0.717, 1.165) is 6.29 Å². The average molecular weight is 181 g/mol.